The van der Waals surface area contributed by atoms with Crippen LogP contribution in [0.15, 0.2) is 22.7 Å². The molecule has 1 unspecified atom stereocenters. The molecule has 1 saturated heterocycles. The van der Waals surface area contributed by atoms with Crippen molar-refractivity contribution in [3.05, 3.63) is 28.2 Å². The zero-order chi connectivity index (χ0) is 14.5. The second kappa shape index (κ2) is 7.09. The van der Waals surface area contributed by atoms with Crippen LogP contribution >= 0.6 is 15.9 Å². The van der Waals surface area contributed by atoms with Crippen molar-refractivity contribution in [3.63, 3.8) is 0 Å². The maximum atomic E-state index is 11.7. The molecule has 110 valence electrons. The van der Waals surface area contributed by atoms with Gasteiger partial charge in [0.1, 0.15) is 0 Å². The van der Waals surface area contributed by atoms with Crippen LogP contribution in [0.3, 0.4) is 0 Å². The Morgan fingerprint density at radius 2 is 2.35 bits per heavy atom. The van der Waals surface area contributed by atoms with Gasteiger partial charge in [0.15, 0.2) is 0 Å². The van der Waals surface area contributed by atoms with E-state index < -0.39 is 0 Å². The summed E-state index contributed by atoms with van der Waals surface area (Å²) in [5.74, 6) is -0.364. The standard InChI is InChI=1S/C15H22BrN3O/c1-2-8-19(12-4-3-7-18-10-12)14-9-11(16)5-6-13(14)15(17)20/h5-6,9,12,18H,2-4,7-8,10H2,1H3,(H2,17,20). The van der Waals surface area contributed by atoms with E-state index in [-0.39, 0.29) is 5.91 Å². The van der Waals surface area contributed by atoms with E-state index in [9.17, 15) is 4.79 Å². The highest BCUT2D eigenvalue weighted by Crippen LogP contribution is 2.28. The third kappa shape index (κ3) is 3.52. The number of carbonyl (C=O) groups is 1. The van der Waals surface area contributed by atoms with Crippen LogP contribution in [0.1, 0.15) is 36.5 Å². The molecular weight excluding hydrogens is 318 g/mol. The molecule has 20 heavy (non-hydrogen) atoms. The number of halogens is 1. The van der Waals surface area contributed by atoms with E-state index in [1.807, 2.05) is 12.1 Å². The fourth-order valence-electron chi connectivity index (χ4n) is 2.79. The van der Waals surface area contributed by atoms with Crippen LogP contribution in [0.5, 0.6) is 0 Å². The predicted molar refractivity (Wildman–Crippen MR) is 86.2 cm³/mol. The minimum Gasteiger partial charge on any atom is -0.367 e. The smallest absolute Gasteiger partial charge is 0.250 e. The summed E-state index contributed by atoms with van der Waals surface area (Å²) in [6.07, 6.45) is 3.36. The maximum Gasteiger partial charge on any atom is 0.250 e. The zero-order valence-corrected chi connectivity index (χ0v) is 13.4. The number of hydrogen-bond acceptors (Lipinski definition) is 3. The summed E-state index contributed by atoms with van der Waals surface area (Å²) in [7, 11) is 0. The minimum absolute atomic E-state index is 0.364. The molecule has 1 fully saturated rings. The van der Waals surface area contributed by atoms with E-state index in [2.05, 4.69) is 33.1 Å². The van der Waals surface area contributed by atoms with Gasteiger partial charge < -0.3 is 16.0 Å². The molecule has 1 amide bonds. The molecule has 2 rings (SSSR count). The van der Waals surface area contributed by atoms with Gasteiger partial charge in [0.05, 0.1) is 11.3 Å². The highest BCUT2D eigenvalue weighted by Gasteiger charge is 2.24. The van der Waals surface area contributed by atoms with E-state index in [0.717, 1.165) is 42.6 Å². The lowest BCUT2D eigenvalue weighted by atomic mass is 10.0. The van der Waals surface area contributed by atoms with Gasteiger partial charge in [-0.25, -0.2) is 0 Å². The second-order valence-corrected chi connectivity index (χ2v) is 6.13. The highest BCUT2D eigenvalue weighted by atomic mass is 79.9. The topological polar surface area (TPSA) is 58.4 Å². The number of anilines is 1. The summed E-state index contributed by atoms with van der Waals surface area (Å²) in [6.45, 7) is 5.14. The quantitative estimate of drug-likeness (QED) is 0.866. The summed E-state index contributed by atoms with van der Waals surface area (Å²) in [5.41, 5.74) is 7.08. The van der Waals surface area contributed by atoms with Gasteiger partial charge in [0, 0.05) is 23.6 Å². The number of piperidine rings is 1. The van der Waals surface area contributed by atoms with Gasteiger partial charge in [-0.05, 0) is 44.0 Å². The molecule has 1 atom stereocenters. The van der Waals surface area contributed by atoms with Crippen LogP contribution in [0, 0.1) is 0 Å². The average Bonchev–Trinajstić information content (AvgIpc) is 2.45. The van der Waals surface area contributed by atoms with Crippen LogP contribution in [0.4, 0.5) is 5.69 Å². The van der Waals surface area contributed by atoms with Crippen molar-refractivity contribution >= 4 is 27.5 Å². The number of amides is 1. The normalized spacial score (nSPS) is 18.8. The van der Waals surface area contributed by atoms with E-state index in [4.69, 9.17) is 5.73 Å². The molecule has 0 aromatic heterocycles. The SMILES string of the molecule is CCCN(c1cc(Br)ccc1C(N)=O)C1CCCNC1. The van der Waals surface area contributed by atoms with Gasteiger partial charge in [0.25, 0.3) is 5.91 Å². The lowest BCUT2D eigenvalue weighted by Gasteiger charge is -2.37. The van der Waals surface area contributed by atoms with Crippen LogP contribution in [0.2, 0.25) is 0 Å². The summed E-state index contributed by atoms with van der Waals surface area (Å²) >= 11 is 3.49. The van der Waals surface area contributed by atoms with E-state index in [0.29, 0.717) is 11.6 Å². The van der Waals surface area contributed by atoms with Crippen LogP contribution < -0.4 is 16.0 Å². The Labute approximate surface area is 128 Å². The molecule has 3 N–H and O–H groups in total. The molecule has 1 aromatic carbocycles. The first-order valence-electron chi connectivity index (χ1n) is 7.20. The first kappa shape index (κ1) is 15.3. The Hall–Kier alpha value is -1.07. The first-order chi connectivity index (χ1) is 9.63. The summed E-state index contributed by atoms with van der Waals surface area (Å²) in [5, 5.41) is 3.44. The molecule has 0 aliphatic carbocycles. The molecule has 0 saturated carbocycles. The van der Waals surface area contributed by atoms with Crippen molar-refractivity contribution in [2.75, 3.05) is 24.5 Å². The molecule has 0 spiro atoms. The molecule has 1 heterocycles. The number of rotatable bonds is 5. The maximum absolute atomic E-state index is 11.7. The fourth-order valence-corrected chi connectivity index (χ4v) is 3.14. The van der Waals surface area contributed by atoms with Crippen molar-refractivity contribution in [1.82, 2.24) is 5.32 Å². The van der Waals surface area contributed by atoms with Crippen molar-refractivity contribution in [3.8, 4) is 0 Å². The molecule has 1 aliphatic rings. The third-order valence-corrected chi connectivity index (χ3v) is 4.20. The van der Waals surface area contributed by atoms with Gasteiger partial charge in [-0.1, -0.05) is 22.9 Å². The van der Waals surface area contributed by atoms with Gasteiger partial charge in [0.2, 0.25) is 0 Å². The number of nitrogens with zero attached hydrogens (tertiary/aromatic N) is 1. The van der Waals surface area contributed by atoms with E-state index >= 15 is 0 Å². The van der Waals surface area contributed by atoms with Crippen molar-refractivity contribution in [2.45, 2.75) is 32.2 Å². The monoisotopic (exact) mass is 339 g/mol. The van der Waals surface area contributed by atoms with Gasteiger partial charge in [-0.3, -0.25) is 4.79 Å². The summed E-state index contributed by atoms with van der Waals surface area (Å²) < 4.78 is 0.974. The third-order valence-electron chi connectivity index (χ3n) is 3.71. The molecule has 1 aromatic rings. The zero-order valence-electron chi connectivity index (χ0n) is 11.9. The van der Waals surface area contributed by atoms with Crippen LogP contribution in [-0.4, -0.2) is 31.6 Å². The highest BCUT2D eigenvalue weighted by molar-refractivity contribution is 9.10. The lowest BCUT2D eigenvalue weighted by Crippen LogP contribution is -2.47. The Kier molecular flexibility index (Phi) is 5.43. The van der Waals surface area contributed by atoms with Crippen molar-refractivity contribution in [1.29, 1.82) is 0 Å². The Morgan fingerprint density at radius 1 is 1.55 bits per heavy atom. The molecule has 5 heteroatoms. The van der Waals surface area contributed by atoms with Gasteiger partial charge in [-0.15, -0.1) is 0 Å². The van der Waals surface area contributed by atoms with Crippen LogP contribution in [0.25, 0.3) is 0 Å². The number of nitrogens with two attached hydrogens (primary N) is 1. The Morgan fingerprint density at radius 3 is 2.95 bits per heavy atom. The molecule has 0 radical (unpaired) electrons. The van der Waals surface area contributed by atoms with E-state index in [1.165, 1.54) is 6.42 Å². The summed E-state index contributed by atoms with van der Waals surface area (Å²) in [4.78, 5) is 14.0. The fraction of sp³-hybridized carbons (Fsp3) is 0.533. The Balaban J connectivity index is 2.36. The summed E-state index contributed by atoms with van der Waals surface area (Å²) in [6, 6.07) is 6.11. The number of primary amides is 1. The first-order valence-corrected chi connectivity index (χ1v) is 7.99. The van der Waals surface area contributed by atoms with Gasteiger partial charge >= 0.3 is 0 Å². The molecular formula is C15H22BrN3O. The number of hydrogen-bond donors (Lipinski definition) is 2. The van der Waals surface area contributed by atoms with Gasteiger partial charge in [-0.2, -0.15) is 0 Å². The van der Waals surface area contributed by atoms with Crippen LogP contribution in [-0.2, 0) is 0 Å². The van der Waals surface area contributed by atoms with Crippen molar-refractivity contribution < 1.29 is 4.79 Å². The largest absolute Gasteiger partial charge is 0.367 e. The minimum atomic E-state index is -0.364. The van der Waals surface area contributed by atoms with E-state index in [1.54, 1.807) is 6.07 Å². The number of nitrogens with one attached hydrogen (secondary N) is 1. The van der Waals surface area contributed by atoms with Crippen molar-refractivity contribution in [2.24, 2.45) is 5.73 Å². The number of benzene rings is 1. The lowest BCUT2D eigenvalue weighted by molar-refractivity contribution is 0.100. The number of carbonyl (C=O) groups excluding carboxylic acids is 1. The molecule has 0 bridgehead atoms. The average molecular weight is 340 g/mol. The second-order valence-electron chi connectivity index (χ2n) is 5.22. The molecule has 4 nitrogen and oxygen atoms in total. The Bertz CT molecular complexity index is 472. The predicted octanol–water partition coefficient (Wildman–Crippen LogP) is 2.52. The molecule has 1 aliphatic heterocycles.